The van der Waals surface area contributed by atoms with Crippen molar-refractivity contribution in [2.45, 2.75) is 39.5 Å². The van der Waals surface area contributed by atoms with Gasteiger partial charge in [-0.15, -0.1) is 0 Å². The summed E-state index contributed by atoms with van der Waals surface area (Å²) < 4.78 is 11.3. The molecular weight excluding hydrogens is 500 g/mol. The van der Waals surface area contributed by atoms with Gasteiger partial charge in [-0.1, -0.05) is 87.4 Å². The van der Waals surface area contributed by atoms with E-state index < -0.39 is 11.9 Å². The van der Waals surface area contributed by atoms with E-state index in [1.165, 1.54) is 0 Å². The van der Waals surface area contributed by atoms with Gasteiger partial charge >= 0.3 is 11.9 Å². The van der Waals surface area contributed by atoms with Gasteiger partial charge in [0.15, 0.2) is 0 Å². The predicted octanol–water partition coefficient (Wildman–Crippen LogP) is 8.03. The van der Waals surface area contributed by atoms with E-state index in [4.69, 9.17) is 19.4 Å². The highest BCUT2D eigenvalue weighted by atomic mass is 16.5. The molecule has 6 heteroatoms. The average Bonchev–Trinajstić information content (AvgIpc) is 3.00. The number of hydrogen-bond acceptors (Lipinski definition) is 6. The zero-order valence-corrected chi connectivity index (χ0v) is 22.9. The Hall–Kier alpha value is -4.58. The maximum absolute atomic E-state index is 13.3. The van der Waals surface area contributed by atoms with Crippen LogP contribution in [-0.4, -0.2) is 35.1 Å². The highest BCUT2D eigenvalue weighted by molar-refractivity contribution is 6.12. The summed E-state index contributed by atoms with van der Waals surface area (Å²) in [6, 6.07) is 26.6. The summed E-state index contributed by atoms with van der Waals surface area (Å²) in [5, 5.41) is 1.20. The van der Waals surface area contributed by atoms with Gasteiger partial charge in [-0.25, -0.2) is 19.6 Å². The van der Waals surface area contributed by atoms with Gasteiger partial charge in [-0.3, -0.25) is 0 Å². The van der Waals surface area contributed by atoms with Gasteiger partial charge in [0.2, 0.25) is 0 Å². The molecule has 0 N–H and O–H groups in total. The lowest BCUT2D eigenvalue weighted by Gasteiger charge is -2.14. The third-order valence-electron chi connectivity index (χ3n) is 6.78. The number of ether oxygens (including phenoxy) is 2. The molecule has 0 atom stereocenters. The van der Waals surface area contributed by atoms with Crippen LogP contribution in [0.2, 0.25) is 0 Å². The molecule has 40 heavy (non-hydrogen) atoms. The van der Waals surface area contributed by atoms with Gasteiger partial charge < -0.3 is 9.47 Å². The summed E-state index contributed by atoms with van der Waals surface area (Å²) in [5.74, 6) is -0.836. The molecule has 0 aliphatic rings. The molecule has 2 heterocycles. The first kappa shape index (κ1) is 27.0. The highest BCUT2D eigenvalue weighted by Crippen LogP contribution is 2.32. The first-order valence-electron chi connectivity index (χ1n) is 13.8. The second kappa shape index (κ2) is 12.5. The van der Waals surface area contributed by atoms with Gasteiger partial charge in [-0.2, -0.15) is 0 Å². The number of hydrogen-bond donors (Lipinski definition) is 0. The van der Waals surface area contributed by atoms with Gasteiger partial charge in [0.1, 0.15) is 0 Å². The van der Waals surface area contributed by atoms with Gasteiger partial charge in [0.25, 0.3) is 0 Å². The van der Waals surface area contributed by atoms with Crippen molar-refractivity contribution in [3.05, 3.63) is 96.1 Å². The number of aromatic nitrogens is 2. The Morgan fingerprint density at radius 2 is 1.02 bits per heavy atom. The van der Waals surface area contributed by atoms with Crippen molar-refractivity contribution in [3.8, 4) is 22.5 Å². The van der Waals surface area contributed by atoms with Gasteiger partial charge in [0, 0.05) is 21.9 Å². The smallest absolute Gasteiger partial charge is 0.338 e. The standard InChI is InChI=1S/C34H32N2O4/c1-3-5-17-39-33(37)27-20-29(23-13-9-7-10-14-23)35-31-22-32-26(19-25(27)31)28(34(38)40-18-6-4-2)21-30(36-32)24-15-11-8-12-16-24/h7-16,19-22H,3-6,17-18H2,1-2H3. The minimum absolute atomic E-state index is 0.338. The predicted molar refractivity (Wildman–Crippen MR) is 158 cm³/mol. The van der Waals surface area contributed by atoms with E-state index in [1.807, 2.05) is 86.6 Å². The summed E-state index contributed by atoms with van der Waals surface area (Å²) >= 11 is 0. The molecule has 0 bridgehead atoms. The van der Waals surface area contributed by atoms with Crippen LogP contribution in [0.4, 0.5) is 0 Å². The maximum atomic E-state index is 13.3. The largest absolute Gasteiger partial charge is 0.462 e. The van der Waals surface area contributed by atoms with Crippen LogP contribution in [0.25, 0.3) is 44.3 Å². The molecule has 0 spiro atoms. The average molecular weight is 533 g/mol. The van der Waals surface area contributed by atoms with Crippen LogP contribution >= 0.6 is 0 Å². The molecule has 5 rings (SSSR count). The van der Waals surface area contributed by atoms with Crippen LogP contribution in [0.3, 0.4) is 0 Å². The van der Waals surface area contributed by atoms with Crippen molar-refractivity contribution in [1.82, 2.24) is 9.97 Å². The summed E-state index contributed by atoms with van der Waals surface area (Å²) in [7, 11) is 0. The van der Waals surface area contributed by atoms with Crippen LogP contribution in [-0.2, 0) is 9.47 Å². The second-order valence-corrected chi connectivity index (χ2v) is 9.71. The number of nitrogens with zero attached hydrogens (tertiary/aromatic N) is 2. The Morgan fingerprint density at radius 1 is 0.600 bits per heavy atom. The molecule has 3 aromatic carbocycles. The van der Waals surface area contributed by atoms with Crippen LogP contribution < -0.4 is 0 Å². The first-order chi connectivity index (χ1) is 19.6. The number of rotatable bonds is 10. The lowest BCUT2D eigenvalue weighted by Crippen LogP contribution is -2.10. The number of benzene rings is 3. The normalized spacial score (nSPS) is 11.1. The molecule has 0 saturated carbocycles. The fourth-order valence-electron chi connectivity index (χ4n) is 4.57. The van der Waals surface area contributed by atoms with E-state index in [-0.39, 0.29) is 0 Å². The second-order valence-electron chi connectivity index (χ2n) is 9.71. The SMILES string of the molecule is CCCCOC(=O)c1cc(-c2ccccc2)nc2cc3nc(-c4ccccc4)cc(C(=O)OCCCC)c3cc12. The molecule has 0 amide bonds. The Bertz CT molecular complexity index is 1530. The monoisotopic (exact) mass is 532 g/mol. The van der Waals surface area contributed by atoms with Crippen LogP contribution in [0, 0.1) is 0 Å². The molecule has 0 aliphatic heterocycles. The topological polar surface area (TPSA) is 78.4 Å². The van der Waals surface area contributed by atoms with Crippen molar-refractivity contribution in [1.29, 1.82) is 0 Å². The van der Waals surface area contributed by atoms with Crippen molar-refractivity contribution in [2.24, 2.45) is 0 Å². The van der Waals surface area contributed by atoms with E-state index in [9.17, 15) is 9.59 Å². The first-order valence-corrected chi connectivity index (χ1v) is 13.8. The molecule has 6 nitrogen and oxygen atoms in total. The number of unbranched alkanes of at least 4 members (excludes halogenated alkanes) is 2. The fourth-order valence-corrected chi connectivity index (χ4v) is 4.57. The number of fused-ring (bicyclic) bond motifs is 2. The Kier molecular flexibility index (Phi) is 8.45. The third kappa shape index (κ3) is 5.86. The number of carbonyl (C=O) groups is 2. The summed E-state index contributed by atoms with van der Waals surface area (Å²) in [4.78, 5) is 36.5. The zero-order valence-electron chi connectivity index (χ0n) is 22.9. The molecular formula is C34H32N2O4. The van der Waals surface area contributed by atoms with Gasteiger partial charge in [0.05, 0.1) is 46.8 Å². The van der Waals surface area contributed by atoms with Crippen LogP contribution in [0.15, 0.2) is 84.9 Å². The van der Waals surface area contributed by atoms with E-state index >= 15 is 0 Å². The quantitative estimate of drug-likeness (QED) is 0.103. The minimum Gasteiger partial charge on any atom is -0.462 e. The molecule has 5 aromatic rings. The van der Waals surface area contributed by atoms with Crippen LogP contribution in [0.5, 0.6) is 0 Å². The molecule has 2 aromatic heterocycles. The highest BCUT2D eigenvalue weighted by Gasteiger charge is 2.20. The van der Waals surface area contributed by atoms with Crippen LogP contribution in [0.1, 0.15) is 60.2 Å². The molecule has 0 fully saturated rings. The van der Waals surface area contributed by atoms with E-state index in [0.29, 0.717) is 57.5 Å². The Balaban J connectivity index is 1.74. The van der Waals surface area contributed by atoms with E-state index in [1.54, 1.807) is 12.1 Å². The molecule has 0 radical (unpaired) electrons. The Labute approximate surface area is 234 Å². The Morgan fingerprint density at radius 3 is 1.43 bits per heavy atom. The van der Waals surface area contributed by atoms with Gasteiger partial charge in [-0.05, 0) is 37.1 Å². The summed E-state index contributed by atoms with van der Waals surface area (Å²) in [6.07, 6.45) is 3.40. The van der Waals surface area contributed by atoms with Crippen molar-refractivity contribution in [2.75, 3.05) is 13.2 Å². The molecule has 0 saturated heterocycles. The minimum atomic E-state index is -0.418. The summed E-state index contributed by atoms with van der Waals surface area (Å²) in [6.45, 7) is 4.77. The summed E-state index contributed by atoms with van der Waals surface area (Å²) in [5.41, 5.74) is 5.09. The lowest BCUT2D eigenvalue weighted by molar-refractivity contribution is 0.0493. The number of pyridine rings is 2. The zero-order chi connectivity index (χ0) is 27.9. The third-order valence-corrected chi connectivity index (χ3v) is 6.78. The van der Waals surface area contributed by atoms with E-state index in [0.717, 1.165) is 36.8 Å². The van der Waals surface area contributed by atoms with E-state index in [2.05, 4.69) is 0 Å². The van der Waals surface area contributed by atoms with Crippen molar-refractivity contribution >= 4 is 33.7 Å². The molecule has 0 unspecified atom stereocenters. The molecule has 0 aliphatic carbocycles. The van der Waals surface area contributed by atoms with Crippen molar-refractivity contribution in [3.63, 3.8) is 0 Å². The number of carbonyl (C=O) groups excluding carboxylic acids is 2. The number of esters is 2. The lowest BCUT2D eigenvalue weighted by atomic mass is 9.99. The van der Waals surface area contributed by atoms with Crippen molar-refractivity contribution < 1.29 is 19.1 Å². The molecule has 202 valence electrons. The maximum Gasteiger partial charge on any atom is 0.338 e. The fraction of sp³-hybridized carbons (Fsp3) is 0.235.